The van der Waals surface area contributed by atoms with E-state index in [1.165, 1.54) is 0 Å². The third-order valence-electron chi connectivity index (χ3n) is 1.44. The number of hydrogen-bond donors (Lipinski definition) is 2. The third kappa shape index (κ3) is 4.32. The van der Waals surface area contributed by atoms with Crippen molar-refractivity contribution in [2.75, 3.05) is 17.2 Å². The molecule has 0 spiro atoms. The first kappa shape index (κ1) is 12.5. The van der Waals surface area contributed by atoms with Gasteiger partial charge in [-0.3, -0.25) is 0 Å². The molecule has 86 valence electrons. The number of aromatic nitrogens is 3. The first-order valence-corrected chi connectivity index (χ1v) is 5.15. The summed E-state index contributed by atoms with van der Waals surface area (Å²) in [6.45, 7) is 6.34. The van der Waals surface area contributed by atoms with Crippen LogP contribution in [0.15, 0.2) is 0 Å². The largest absolute Gasteiger partial charge is 0.349 e. The minimum Gasteiger partial charge on any atom is -0.349 e. The normalized spacial score (nSPS) is 10.7. The molecule has 0 fully saturated rings. The first-order valence-electron chi connectivity index (χ1n) is 4.78. The summed E-state index contributed by atoms with van der Waals surface area (Å²) in [5.74, 6) is 3.22. The number of nitrogens with one attached hydrogen (secondary N) is 2. The summed E-state index contributed by atoms with van der Waals surface area (Å²) < 4.78 is 0. The van der Waals surface area contributed by atoms with E-state index >= 15 is 0 Å². The van der Waals surface area contributed by atoms with Crippen molar-refractivity contribution in [2.24, 2.45) is 0 Å². The van der Waals surface area contributed by atoms with Gasteiger partial charge in [0.2, 0.25) is 17.2 Å². The van der Waals surface area contributed by atoms with Crippen LogP contribution in [0.3, 0.4) is 0 Å². The summed E-state index contributed by atoms with van der Waals surface area (Å²) in [4.78, 5) is 12.0. The van der Waals surface area contributed by atoms with E-state index in [1.54, 1.807) is 0 Å². The standard InChI is InChI=1S/C10H14ClN5/c1-5-6-12-8-13-7(11)14-9(15-8)16-10(2,3)4/h1H,6H2,2-4H3,(H2,12,13,14,15,16). The number of hydrogen-bond acceptors (Lipinski definition) is 5. The van der Waals surface area contributed by atoms with Gasteiger partial charge in [-0.1, -0.05) is 5.92 Å². The molecule has 0 radical (unpaired) electrons. The second kappa shape index (κ2) is 4.99. The molecule has 16 heavy (non-hydrogen) atoms. The average molecular weight is 240 g/mol. The van der Waals surface area contributed by atoms with Crippen LogP contribution in [-0.4, -0.2) is 27.0 Å². The highest BCUT2D eigenvalue weighted by Gasteiger charge is 2.12. The van der Waals surface area contributed by atoms with Crippen LogP contribution in [0.1, 0.15) is 20.8 Å². The van der Waals surface area contributed by atoms with Gasteiger partial charge in [-0.05, 0) is 32.4 Å². The molecule has 6 heteroatoms. The van der Waals surface area contributed by atoms with Crippen LogP contribution in [0.25, 0.3) is 0 Å². The molecule has 1 heterocycles. The summed E-state index contributed by atoms with van der Waals surface area (Å²) in [5.41, 5.74) is -0.145. The maximum Gasteiger partial charge on any atom is 0.229 e. The minimum atomic E-state index is -0.145. The molecule has 0 bridgehead atoms. The van der Waals surface area contributed by atoms with E-state index < -0.39 is 0 Å². The van der Waals surface area contributed by atoms with Crippen molar-refractivity contribution in [2.45, 2.75) is 26.3 Å². The zero-order chi connectivity index (χ0) is 12.2. The molecule has 1 rings (SSSR count). The fraction of sp³-hybridized carbons (Fsp3) is 0.500. The number of rotatable bonds is 3. The van der Waals surface area contributed by atoms with E-state index in [2.05, 4.69) is 31.5 Å². The second-order valence-electron chi connectivity index (χ2n) is 4.18. The molecule has 0 aliphatic carbocycles. The summed E-state index contributed by atoms with van der Waals surface area (Å²) in [6, 6.07) is 0. The Kier molecular flexibility index (Phi) is 3.91. The van der Waals surface area contributed by atoms with Gasteiger partial charge in [0, 0.05) is 5.54 Å². The lowest BCUT2D eigenvalue weighted by Crippen LogP contribution is -2.27. The predicted octanol–water partition coefficient (Wildman–Crippen LogP) is 1.78. The van der Waals surface area contributed by atoms with Gasteiger partial charge in [-0.2, -0.15) is 15.0 Å². The lowest BCUT2D eigenvalue weighted by Gasteiger charge is -2.20. The molecule has 0 unspecified atom stereocenters. The van der Waals surface area contributed by atoms with Crippen LogP contribution in [0.2, 0.25) is 5.28 Å². The Labute approximate surface area is 100 Å². The summed E-state index contributed by atoms with van der Waals surface area (Å²) in [6.07, 6.45) is 5.12. The van der Waals surface area contributed by atoms with E-state index in [4.69, 9.17) is 18.0 Å². The maximum absolute atomic E-state index is 5.76. The van der Waals surface area contributed by atoms with Crippen LogP contribution >= 0.6 is 11.6 Å². The van der Waals surface area contributed by atoms with Gasteiger partial charge in [-0.15, -0.1) is 6.42 Å². The van der Waals surface area contributed by atoms with Crippen molar-refractivity contribution in [1.29, 1.82) is 0 Å². The number of terminal acetylenes is 1. The van der Waals surface area contributed by atoms with Crippen molar-refractivity contribution in [3.05, 3.63) is 5.28 Å². The highest BCUT2D eigenvalue weighted by Crippen LogP contribution is 2.13. The Bertz CT molecular complexity index is 405. The van der Waals surface area contributed by atoms with Crippen LogP contribution in [0.5, 0.6) is 0 Å². The Hall–Kier alpha value is -1.54. The van der Waals surface area contributed by atoms with E-state index in [1.807, 2.05) is 20.8 Å². The molecule has 0 saturated carbocycles. The first-order chi connectivity index (χ1) is 7.40. The Morgan fingerprint density at radius 3 is 2.44 bits per heavy atom. The van der Waals surface area contributed by atoms with Gasteiger partial charge >= 0.3 is 0 Å². The monoisotopic (exact) mass is 239 g/mol. The van der Waals surface area contributed by atoms with E-state index in [-0.39, 0.29) is 10.8 Å². The Morgan fingerprint density at radius 2 is 1.88 bits per heavy atom. The Morgan fingerprint density at radius 1 is 1.25 bits per heavy atom. The van der Waals surface area contributed by atoms with Crippen molar-refractivity contribution < 1.29 is 0 Å². The molecule has 1 aromatic rings. The highest BCUT2D eigenvalue weighted by molar-refractivity contribution is 6.28. The SMILES string of the molecule is C#CCNc1nc(Cl)nc(NC(C)(C)C)n1. The van der Waals surface area contributed by atoms with Crippen LogP contribution in [-0.2, 0) is 0 Å². The molecule has 0 aliphatic rings. The van der Waals surface area contributed by atoms with Crippen molar-refractivity contribution >= 4 is 23.5 Å². The van der Waals surface area contributed by atoms with Crippen molar-refractivity contribution in [1.82, 2.24) is 15.0 Å². The second-order valence-corrected chi connectivity index (χ2v) is 4.52. The minimum absolute atomic E-state index is 0.126. The number of nitrogens with zero attached hydrogens (tertiary/aromatic N) is 3. The maximum atomic E-state index is 5.76. The van der Waals surface area contributed by atoms with Crippen LogP contribution in [0.4, 0.5) is 11.9 Å². The highest BCUT2D eigenvalue weighted by atomic mass is 35.5. The molecule has 0 atom stereocenters. The lowest BCUT2D eigenvalue weighted by molar-refractivity contribution is 0.625. The molecule has 5 nitrogen and oxygen atoms in total. The Balaban J connectivity index is 2.86. The van der Waals surface area contributed by atoms with Crippen molar-refractivity contribution in [3.63, 3.8) is 0 Å². The van der Waals surface area contributed by atoms with Crippen molar-refractivity contribution in [3.8, 4) is 12.3 Å². The van der Waals surface area contributed by atoms with Gasteiger partial charge in [-0.25, -0.2) is 0 Å². The number of anilines is 2. The topological polar surface area (TPSA) is 62.7 Å². The fourth-order valence-electron chi connectivity index (χ4n) is 0.951. The molecule has 0 amide bonds. The summed E-state index contributed by atoms with van der Waals surface area (Å²) in [7, 11) is 0. The fourth-order valence-corrected chi connectivity index (χ4v) is 1.11. The number of halogens is 1. The molecule has 0 aliphatic heterocycles. The quantitative estimate of drug-likeness (QED) is 0.788. The average Bonchev–Trinajstić information content (AvgIpc) is 2.10. The summed E-state index contributed by atoms with van der Waals surface area (Å²) >= 11 is 5.76. The zero-order valence-electron chi connectivity index (χ0n) is 9.50. The molecule has 1 aromatic heterocycles. The third-order valence-corrected chi connectivity index (χ3v) is 1.61. The molecule has 2 N–H and O–H groups in total. The molecule has 0 saturated heterocycles. The van der Waals surface area contributed by atoms with E-state index in [0.717, 1.165) is 0 Å². The van der Waals surface area contributed by atoms with Gasteiger partial charge in [0.25, 0.3) is 0 Å². The predicted molar refractivity (Wildman–Crippen MR) is 65.5 cm³/mol. The van der Waals surface area contributed by atoms with Gasteiger partial charge in [0.1, 0.15) is 0 Å². The van der Waals surface area contributed by atoms with Crippen LogP contribution < -0.4 is 10.6 Å². The zero-order valence-corrected chi connectivity index (χ0v) is 10.3. The van der Waals surface area contributed by atoms with Crippen LogP contribution in [0, 0.1) is 12.3 Å². The lowest BCUT2D eigenvalue weighted by atomic mass is 10.1. The van der Waals surface area contributed by atoms with Gasteiger partial charge in [0.05, 0.1) is 6.54 Å². The molecule has 0 aromatic carbocycles. The summed E-state index contributed by atoms with van der Waals surface area (Å²) in [5, 5.41) is 6.07. The van der Waals surface area contributed by atoms with Gasteiger partial charge in [0.15, 0.2) is 0 Å². The van der Waals surface area contributed by atoms with Gasteiger partial charge < -0.3 is 10.6 Å². The molecular weight excluding hydrogens is 226 g/mol. The molecular formula is C10H14ClN5. The van der Waals surface area contributed by atoms with E-state index in [0.29, 0.717) is 18.4 Å². The van der Waals surface area contributed by atoms with E-state index in [9.17, 15) is 0 Å². The smallest absolute Gasteiger partial charge is 0.229 e.